The summed E-state index contributed by atoms with van der Waals surface area (Å²) in [4.78, 5) is 26.8. The fraction of sp³-hybridized carbons (Fsp3) is 0.278. The highest BCUT2D eigenvalue weighted by molar-refractivity contribution is 7.16. The molecule has 0 aliphatic carbocycles. The van der Waals surface area contributed by atoms with Crippen LogP contribution in [0.15, 0.2) is 30.3 Å². The van der Waals surface area contributed by atoms with E-state index in [4.69, 9.17) is 0 Å². The van der Waals surface area contributed by atoms with Crippen LogP contribution in [0.25, 0.3) is 6.08 Å². The molecule has 1 atom stereocenters. The van der Waals surface area contributed by atoms with Gasteiger partial charge in [0.05, 0.1) is 16.1 Å². The van der Waals surface area contributed by atoms with Crippen molar-refractivity contribution >= 4 is 34.0 Å². The lowest BCUT2D eigenvalue weighted by atomic mass is 10.0. The number of nitro groups is 1. The van der Waals surface area contributed by atoms with Gasteiger partial charge >= 0.3 is 0 Å². The lowest BCUT2D eigenvalue weighted by Crippen LogP contribution is -2.43. The van der Waals surface area contributed by atoms with Crippen LogP contribution < -0.4 is 10.6 Å². The zero-order valence-electron chi connectivity index (χ0n) is 14.2. The first-order valence-electron chi connectivity index (χ1n) is 8.35. The Bertz CT molecular complexity index is 921. The molecule has 1 aromatic heterocycles. The molecule has 0 unspecified atom stereocenters. The zero-order valence-corrected chi connectivity index (χ0v) is 15.0. The van der Waals surface area contributed by atoms with E-state index in [-0.39, 0.29) is 11.6 Å². The summed E-state index contributed by atoms with van der Waals surface area (Å²) >= 11 is 1.62. The first-order valence-corrected chi connectivity index (χ1v) is 9.16. The summed E-state index contributed by atoms with van der Waals surface area (Å²) in [5.41, 5.74) is 2.45. The van der Waals surface area contributed by atoms with Gasteiger partial charge in [0.15, 0.2) is 0 Å². The van der Waals surface area contributed by atoms with E-state index in [9.17, 15) is 14.9 Å². The van der Waals surface area contributed by atoms with Gasteiger partial charge < -0.3 is 15.5 Å². The van der Waals surface area contributed by atoms with Gasteiger partial charge in [-0.05, 0) is 37.3 Å². The number of nitrogens with one attached hydrogen (secondary N) is 2. The van der Waals surface area contributed by atoms with Crippen molar-refractivity contribution in [2.24, 2.45) is 0 Å². The Hall–Kier alpha value is -2.71. The van der Waals surface area contributed by atoms with Crippen LogP contribution in [-0.4, -0.2) is 35.5 Å². The first-order chi connectivity index (χ1) is 12.5. The molecule has 2 aromatic rings. The fourth-order valence-corrected chi connectivity index (χ4v) is 4.72. The highest BCUT2D eigenvalue weighted by Gasteiger charge is 2.31. The van der Waals surface area contributed by atoms with Crippen LogP contribution in [-0.2, 0) is 13.0 Å². The third-order valence-corrected chi connectivity index (χ3v) is 5.80. The quantitative estimate of drug-likeness (QED) is 0.641. The number of likely N-dealkylation sites (N-methyl/N-ethyl adjacent to an activating group) is 1. The van der Waals surface area contributed by atoms with E-state index in [1.807, 2.05) is 0 Å². The molecule has 0 radical (unpaired) electrons. The van der Waals surface area contributed by atoms with Crippen molar-refractivity contribution < 1.29 is 9.72 Å². The number of anilines is 1. The smallest absolute Gasteiger partial charge is 0.276 e. The van der Waals surface area contributed by atoms with Crippen LogP contribution in [0.3, 0.4) is 0 Å². The van der Waals surface area contributed by atoms with Crippen LogP contribution in [0.1, 0.15) is 26.4 Å². The Morgan fingerprint density at radius 1 is 1.35 bits per heavy atom. The van der Waals surface area contributed by atoms with Crippen LogP contribution in [0.5, 0.6) is 0 Å². The molecule has 1 amide bonds. The Balaban J connectivity index is 1.59. The second kappa shape index (κ2) is 6.54. The Morgan fingerprint density at radius 2 is 2.15 bits per heavy atom. The minimum atomic E-state index is -0.408. The Labute approximate surface area is 154 Å². The molecule has 26 heavy (non-hydrogen) atoms. The lowest BCUT2D eigenvalue weighted by Gasteiger charge is -2.25. The normalized spacial score (nSPS) is 19.6. The summed E-state index contributed by atoms with van der Waals surface area (Å²) < 4.78 is 0. The van der Waals surface area contributed by atoms with Crippen molar-refractivity contribution in [1.82, 2.24) is 10.2 Å². The van der Waals surface area contributed by atoms with E-state index in [1.54, 1.807) is 41.7 Å². The molecule has 2 aliphatic heterocycles. The number of nitro benzene ring substituents is 1. The number of thiophene rings is 1. The molecule has 4 rings (SSSR count). The maximum atomic E-state index is 12.6. The molecular weight excluding hydrogens is 352 g/mol. The third kappa shape index (κ3) is 2.97. The van der Waals surface area contributed by atoms with Crippen molar-refractivity contribution in [3.63, 3.8) is 0 Å². The second-order valence-corrected chi connectivity index (χ2v) is 7.57. The summed E-state index contributed by atoms with van der Waals surface area (Å²) in [6.07, 6.45) is 3.90. The molecule has 1 aromatic carbocycles. The van der Waals surface area contributed by atoms with Gasteiger partial charge in [-0.3, -0.25) is 14.9 Å². The van der Waals surface area contributed by atoms with Gasteiger partial charge in [-0.15, -0.1) is 11.3 Å². The van der Waals surface area contributed by atoms with Gasteiger partial charge in [0.2, 0.25) is 0 Å². The molecule has 0 saturated carbocycles. The number of rotatable bonds is 3. The van der Waals surface area contributed by atoms with E-state index in [1.165, 1.54) is 10.9 Å². The molecule has 7 nitrogen and oxygen atoms in total. The third-order valence-electron chi connectivity index (χ3n) is 4.65. The van der Waals surface area contributed by atoms with Gasteiger partial charge in [0.25, 0.3) is 11.6 Å². The standard InChI is InChI=1S/C18H18N4O3S/c1-21-9-8-12-14(10-21)26-18-16(12)17(23)19-15(20-18)7-6-11-4-2-3-5-13(11)22(24)25/h2-7,15,20H,8-10H2,1H3,(H,19,23)/b7-6+/t15-/m0/s1. The van der Waals surface area contributed by atoms with Crippen LogP contribution in [0, 0.1) is 10.1 Å². The number of fused-ring (bicyclic) bond motifs is 3. The van der Waals surface area contributed by atoms with Crippen molar-refractivity contribution in [3.05, 3.63) is 62.0 Å². The molecule has 134 valence electrons. The predicted molar refractivity (Wildman–Crippen MR) is 101 cm³/mol. The summed E-state index contributed by atoms with van der Waals surface area (Å²) in [7, 11) is 2.08. The highest BCUT2D eigenvalue weighted by atomic mass is 32.1. The van der Waals surface area contributed by atoms with Crippen LogP contribution in [0.2, 0.25) is 0 Å². The number of hydrogen-bond donors (Lipinski definition) is 2. The topological polar surface area (TPSA) is 87.5 Å². The van der Waals surface area contributed by atoms with Crippen molar-refractivity contribution in [1.29, 1.82) is 0 Å². The average Bonchev–Trinajstić information content (AvgIpc) is 2.97. The maximum absolute atomic E-state index is 12.6. The average molecular weight is 370 g/mol. The number of carbonyl (C=O) groups excluding carboxylic acids is 1. The van der Waals surface area contributed by atoms with E-state index < -0.39 is 11.1 Å². The molecule has 0 spiro atoms. The number of amides is 1. The number of nitrogens with zero attached hydrogens (tertiary/aromatic N) is 2. The monoisotopic (exact) mass is 370 g/mol. The summed E-state index contributed by atoms with van der Waals surface area (Å²) in [6.45, 7) is 1.81. The molecule has 0 fully saturated rings. The largest absolute Gasteiger partial charge is 0.353 e. The van der Waals surface area contributed by atoms with Crippen LogP contribution in [0.4, 0.5) is 10.7 Å². The maximum Gasteiger partial charge on any atom is 0.276 e. The number of para-hydroxylation sites is 1. The van der Waals surface area contributed by atoms with Crippen molar-refractivity contribution in [3.8, 4) is 0 Å². The van der Waals surface area contributed by atoms with Gasteiger partial charge in [0.1, 0.15) is 11.2 Å². The van der Waals surface area contributed by atoms with Gasteiger partial charge in [-0.25, -0.2) is 0 Å². The van der Waals surface area contributed by atoms with E-state index in [0.29, 0.717) is 5.56 Å². The zero-order chi connectivity index (χ0) is 18.3. The number of hydrogen-bond acceptors (Lipinski definition) is 6. The number of benzene rings is 1. The Morgan fingerprint density at radius 3 is 2.96 bits per heavy atom. The molecule has 2 N–H and O–H groups in total. The van der Waals surface area contributed by atoms with Gasteiger partial charge in [-0.1, -0.05) is 12.1 Å². The minimum Gasteiger partial charge on any atom is -0.353 e. The molecule has 3 heterocycles. The molecule has 0 bridgehead atoms. The summed E-state index contributed by atoms with van der Waals surface area (Å²) in [6, 6.07) is 6.54. The Kier molecular flexibility index (Phi) is 4.21. The predicted octanol–water partition coefficient (Wildman–Crippen LogP) is 2.84. The summed E-state index contributed by atoms with van der Waals surface area (Å²) in [5.74, 6) is -0.0852. The fourth-order valence-electron chi connectivity index (χ4n) is 3.35. The molecule has 8 heteroatoms. The first kappa shape index (κ1) is 16.7. The van der Waals surface area contributed by atoms with E-state index in [0.717, 1.165) is 35.6 Å². The number of carbonyl (C=O) groups is 1. The molecule has 0 saturated heterocycles. The van der Waals surface area contributed by atoms with E-state index >= 15 is 0 Å². The van der Waals surface area contributed by atoms with Crippen molar-refractivity contribution in [2.75, 3.05) is 18.9 Å². The van der Waals surface area contributed by atoms with Crippen molar-refractivity contribution in [2.45, 2.75) is 19.1 Å². The SMILES string of the molecule is CN1CCc2c(sc3c2C(=O)N[C@H](/C=C/c2ccccc2[N+](=O)[O-])N3)C1. The van der Waals surface area contributed by atoms with Gasteiger partial charge in [-0.2, -0.15) is 0 Å². The minimum absolute atomic E-state index is 0.0428. The summed E-state index contributed by atoms with van der Waals surface area (Å²) in [5, 5.41) is 18.2. The highest BCUT2D eigenvalue weighted by Crippen LogP contribution is 2.38. The van der Waals surface area contributed by atoms with Crippen LogP contribution >= 0.6 is 11.3 Å². The molecule has 2 aliphatic rings. The van der Waals surface area contributed by atoms with Gasteiger partial charge in [0, 0.05) is 24.0 Å². The van der Waals surface area contributed by atoms with E-state index in [2.05, 4.69) is 22.6 Å². The second-order valence-electron chi connectivity index (χ2n) is 6.47. The lowest BCUT2D eigenvalue weighted by molar-refractivity contribution is -0.385. The molecular formula is C18H18N4O3S.